The summed E-state index contributed by atoms with van der Waals surface area (Å²) < 4.78 is 0.934. The second-order valence-corrected chi connectivity index (χ2v) is 5.15. The first-order chi connectivity index (χ1) is 9.25. The predicted molar refractivity (Wildman–Crippen MR) is 76.7 cm³/mol. The Labute approximate surface area is 121 Å². The standard InChI is InChI=1S/C12H24N2O2.C2H4O2/c1-4-12(16)13-8-7-10-14(2,3)9-5-6-11-15;1-2(3)4/h4,15H,1,5-11H2,2-3H3;1H3,(H,3,4). The Hall–Kier alpha value is -1.40. The van der Waals surface area contributed by atoms with Crippen molar-refractivity contribution in [1.29, 1.82) is 0 Å². The third kappa shape index (κ3) is 19.0. The second kappa shape index (κ2) is 12.6. The molecule has 2 N–H and O–H groups in total. The molecule has 6 nitrogen and oxygen atoms in total. The number of hydrogen-bond donors (Lipinski definition) is 2. The van der Waals surface area contributed by atoms with E-state index in [1.165, 1.54) is 6.08 Å². The zero-order valence-corrected chi connectivity index (χ0v) is 12.9. The molecule has 0 aliphatic carbocycles. The highest BCUT2D eigenvalue weighted by Crippen LogP contribution is 2.02. The van der Waals surface area contributed by atoms with Crippen LogP contribution in [0.25, 0.3) is 0 Å². The molecule has 0 rings (SSSR count). The lowest BCUT2D eigenvalue weighted by atomic mass is 10.2. The number of amides is 1. The maximum Gasteiger partial charge on any atom is 0.243 e. The molecular weight excluding hydrogens is 260 g/mol. The Morgan fingerprint density at radius 3 is 2.20 bits per heavy atom. The fourth-order valence-corrected chi connectivity index (χ4v) is 1.55. The fourth-order valence-electron chi connectivity index (χ4n) is 1.55. The molecule has 0 bridgehead atoms. The molecule has 0 saturated heterocycles. The van der Waals surface area contributed by atoms with Gasteiger partial charge in [0.15, 0.2) is 0 Å². The van der Waals surface area contributed by atoms with Crippen LogP contribution in [0.3, 0.4) is 0 Å². The first-order valence-corrected chi connectivity index (χ1v) is 6.76. The van der Waals surface area contributed by atoms with Gasteiger partial charge in [-0.2, -0.15) is 0 Å². The number of quaternary nitrogens is 1. The summed E-state index contributed by atoms with van der Waals surface area (Å²) in [7, 11) is 4.35. The van der Waals surface area contributed by atoms with E-state index in [9.17, 15) is 4.79 Å². The lowest BCUT2D eigenvalue weighted by Gasteiger charge is -2.29. The van der Waals surface area contributed by atoms with Gasteiger partial charge in [0, 0.05) is 25.5 Å². The third-order valence-corrected chi connectivity index (χ3v) is 2.60. The number of nitrogens with zero attached hydrogens (tertiary/aromatic N) is 1. The highest BCUT2D eigenvalue weighted by molar-refractivity contribution is 5.86. The van der Waals surface area contributed by atoms with Crippen molar-refractivity contribution in [2.24, 2.45) is 0 Å². The molecule has 0 atom stereocenters. The lowest BCUT2D eigenvalue weighted by Crippen LogP contribution is -2.42. The zero-order chi connectivity index (χ0) is 16.0. The van der Waals surface area contributed by atoms with Gasteiger partial charge < -0.3 is 24.8 Å². The lowest BCUT2D eigenvalue weighted by molar-refractivity contribution is -0.890. The van der Waals surface area contributed by atoms with Crippen molar-refractivity contribution >= 4 is 11.9 Å². The van der Waals surface area contributed by atoms with Crippen LogP contribution in [0.2, 0.25) is 0 Å². The van der Waals surface area contributed by atoms with Crippen LogP contribution in [-0.2, 0) is 9.59 Å². The minimum absolute atomic E-state index is 0.106. The van der Waals surface area contributed by atoms with Crippen molar-refractivity contribution in [2.45, 2.75) is 26.2 Å². The van der Waals surface area contributed by atoms with E-state index < -0.39 is 5.97 Å². The fraction of sp³-hybridized carbons (Fsp3) is 0.714. The number of aliphatic hydroxyl groups excluding tert-OH is 1. The third-order valence-electron chi connectivity index (χ3n) is 2.60. The van der Waals surface area contributed by atoms with E-state index in [0.29, 0.717) is 6.54 Å². The second-order valence-electron chi connectivity index (χ2n) is 5.15. The van der Waals surface area contributed by atoms with Gasteiger partial charge in [0.25, 0.3) is 0 Å². The molecule has 0 fully saturated rings. The average molecular weight is 288 g/mol. The number of carboxylic acid groups (broad SMARTS) is 1. The minimum Gasteiger partial charge on any atom is -0.550 e. The molecule has 0 spiro atoms. The summed E-state index contributed by atoms with van der Waals surface area (Å²) in [5.74, 6) is -1.19. The quantitative estimate of drug-likeness (QED) is 0.333. The summed E-state index contributed by atoms with van der Waals surface area (Å²) in [4.78, 5) is 19.8. The molecule has 0 unspecified atom stereocenters. The molecule has 20 heavy (non-hydrogen) atoms. The number of rotatable bonds is 9. The number of unbranched alkanes of at least 4 members (excludes halogenated alkanes) is 1. The number of hydrogen-bond acceptors (Lipinski definition) is 4. The van der Waals surface area contributed by atoms with Crippen molar-refractivity contribution in [3.63, 3.8) is 0 Å². The van der Waals surface area contributed by atoms with E-state index in [0.717, 1.165) is 43.8 Å². The molecule has 6 heteroatoms. The number of aliphatic carboxylic acids is 1. The van der Waals surface area contributed by atoms with Crippen LogP contribution in [0.5, 0.6) is 0 Å². The molecule has 0 aliphatic heterocycles. The topological polar surface area (TPSA) is 89.5 Å². The van der Waals surface area contributed by atoms with Crippen molar-refractivity contribution < 1.29 is 24.3 Å². The Bertz CT molecular complexity index is 287. The Balaban J connectivity index is 0. The van der Waals surface area contributed by atoms with E-state index in [2.05, 4.69) is 26.0 Å². The van der Waals surface area contributed by atoms with Gasteiger partial charge in [0.2, 0.25) is 5.91 Å². The number of carbonyl (C=O) groups excluding carboxylic acids is 2. The molecule has 0 radical (unpaired) electrons. The number of carboxylic acids is 1. The Morgan fingerprint density at radius 2 is 1.75 bits per heavy atom. The summed E-state index contributed by atoms with van der Waals surface area (Å²) in [5.41, 5.74) is 0. The molecule has 0 aliphatic rings. The Morgan fingerprint density at radius 1 is 1.25 bits per heavy atom. The summed E-state index contributed by atoms with van der Waals surface area (Å²) in [6.45, 7) is 7.44. The van der Waals surface area contributed by atoms with Crippen LogP contribution < -0.4 is 10.4 Å². The number of aliphatic hydroxyl groups is 1. The maximum atomic E-state index is 10.9. The van der Waals surface area contributed by atoms with Gasteiger partial charge in [-0.1, -0.05) is 6.58 Å². The summed E-state index contributed by atoms with van der Waals surface area (Å²) in [5, 5.41) is 20.4. The summed E-state index contributed by atoms with van der Waals surface area (Å²) in [6, 6.07) is 0. The van der Waals surface area contributed by atoms with Gasteiger partial charge in [-0.3, -0.25) is 4.79 Å². The monoisotopic (exact) mass is 288 g/mol. The number of nitrogens with one attached hydrogen (secondary N) is 1. The van der Waals surface area contributed by atoms with E-state index in [-0.39, 0.29) is 12.5 Å². The van der Waals surface area contributed by atoms with E-state index in [4.69, 9.17) is 15.0 Å². The van der Waals surface area contributed by atoms with Gasteiger partial charge in [-0.05, 0) is 25.8 Å². The molecular formula is C14H28N2O4. The van der Waals surface area contributed by atoms with E-state index in [1.807, 2.05) is 0 Å². The van der Waals surface area contributed by atoms with Crippen LogP contribution in [0, 0.1) is 0 Å². The predicted octanol–water partition coefficient (Wildman–Crippen LogP) is -0.716. The van der Waals surface area contributed by atoms with Crippen molar-refractivity contribution in [3.8, 4) is 0 Å². The van der Waals surface area contributed by atoms with Crippen LogP contribution >= 0.6 is 0 Å². The minimum atomic E-state index is -1.08. The van der Waals surface area contributed by atoms with E-state index in [1.54, 1.807) is 0 Å². The van der Waals surface area contributed by atoms with Crippen LogP contribution in [0.1, 0.15) is 26.2 Å². The highest BCUT2D eigenvalue weighted by Gasteiger charge is 2.13. The zero-order valence-electron chi connectivity index (χ0n) is 12.9. The Kier molecular flexibility index (Phi) is 13.2. The first kappa shape index (κ1) is 20.9. The number of carbonyl (C=O) groups is 2. The average Bonchev–Trinajstić information content (AvgIpc) is 2.34. The van der Waals surface area contributed by atoms with Gasteiger partial charge in [-0.15, -0.1) is 0 Å². The van der Waals surface area contributed by atoms with Crippen LogP contribution in [0.15, 0.2) is 12.7 Å². The highest BCUT2D eigenvalue weighted by atomic mass is 16.4. The van der Waals surface area contributed by atoms with E-state index >= 15 is 0 Å². The van der Waals surface area contributed by atoms with Crippen molar-refractivity contribution in [3.05, 3.63) is 12.7 Å². The van der Waals surface area contributed by atoms with Gasteiger partial charge >= 0.3 is 0 Å². The first-order valence-electron chi connectivity index (χ1n) is 6.76. The van der Waals surface area contributed by atoms with Gasteiger partial charge in [0.05, 0.1) is 27.2 Å². The molecule has 0 aromatic carbocycles. The molecule has 0 aromatic heterocycles. The molecule has 1 amide bonds. The summed E-state index contributed by atoms with van der Waals surface area (Å²) in [6.07, 6.45) is 4.17. The smallest absolute Gasteiger partial charge is 0.243 e. The van der Waals surface area contributed by atoms with Crippen molar-refractivity contribution in [1.82, 2.24) is 5.32 Å². The molecule has 0 heterocycles. The molecule has 0 saturated carbocycles. The maximum absolute atomic E-state index is 10.9. The van der Waals surface area contributed by atoms with Gasteiger partial charge in [-0.25, -0.2) is 0 Å². The van der Waals surface area contributed by atoms with Crippen LogP contribution in [-0.4, -0.2) is 61.8 Å². The normalized spacial score (nSPS) is 10.2. The molecule has 0 aromatic rings. The van der Waals surface area contributed by atoms with Crippen molar-refractivity contribution in [2.75, 3.05) is 40.3 Å². The SMILES string of the molecule is C=CC(=O)NCCC[N+](C)(C)CCCCO.CC(=O)[O-]. The van der Waals surface area contributed by atoms with Crippen LogP contribution in [0.4, 0.5) is 0 Å². The van der Waals surface area contributed by atoms with Gasteiger partial charge in [0.1, 0.15) is 0 Å². The summed E-state index contributed by atoms with van der Waals surface area (Å²) >= 11 is 0. The molecule has 118 valence electrons. The largest absolute Gasteiger partial charge is 0.550 e.